The van der Waals surface area contributed by atoms with E-state index in [2.05, 4.69) is 9.97 Å². The van der Waals surface area contributed by atoms with Gasteiger partial charge in [0.1, 0.15) is 5.82 Å². The Labute approximate surface area is 96.1 Å². The predicted octanol–water partition coefficient (Wildman–Crippen LogP) is 2.76. The largest absolute Gasteiger partial charge is 0.417 e. The number of hydrogen-bond donors (Lipinski definition) is 1. The molecular weight excluding hydrogens is 231 g/mol. The Morgan fingerprint density at radius 2 is 1.65 bits per heavy atom. The fourth-order valence-corrected chi connectivity index (χ4v) is 0.886. The van der Waals surface area contributed by atoms with Crippen LogP contribution in [-0.2, 0) is 6.18 Å². The average molecular weight is 241 g/mol. The molecule has 2 rings (SSSR count). The van der Waals surface area contributed by atoms with Gasteiger partial charge in [-0.15, -0.1) is 0 Å². The number of alkyl halides is 3. The lowest BCUT2D eigenvalue weighted by Gasteiger charge is -2.04. The van der Waals surface area contributed by atoms with Gasteiger partial charge in [0.15, 0.2) is 0 Å². The second kappa shape index (κ2) is 5.83. The van der Waals surface area contributed by atoms with E-state index in [1.807, 2.05) is 18.2 Å². The fraction of sp³-hybridized carbons (Fsp3) is 0.0909. The Hall–Kier alpha value is -2.11. The number of aromatic nitrogens is 2. The number of pyridine rings is 2. The summed E-state index contributed by atoms with van der Waals surface area (Å²) in [5.74, 6) is 0.0815. The molecule has 90 valence electrons. The topological polar surface area (TPSA) is 51.8 Å². The number of nitrogen functional groups attached to an aromatic ring is 1. The van der Waals surface area contributed by atoms with Crippen LogP contribution >= 0.6 is 0 Å². The first-order valence-corrected chi connectivity index (χ1v) is 4.64. The van der Waals surface area contributed by atoms with Crippen molar-refractivity contribution >= 4 is 5.82 Å². The lowest BCUT2D eigenvalue weighted by molar-refractivity contribution is -0.137. The molecule has 2 N–H and O–H groups in total. The van der Waals surface area contributed by atoms with Crippen LogP contribution in [0.15, 0.2) is 48.9 Å². The Kier molecular flexibility index (Phi) is 4.45. The van der Waals surface area contributed by atoms with Crippen molar-refractivity contribution in [2.24, 2.45) is 0 Å². The van der Waals surface area contributed by atoms with Crippen molar-refractivity contribution in [3.63, 3.8) is 0 Å². The van der Waals surface area contributed by atoms with Gasteiger partial charge in [-0.2, -0.15) is 13.2 Å². The number of nitrogens with two attached hydrogens (primary N) is 1. The molecule has 6 heteroatoms. The molecule has 0 atom stereocenters. The van der Waals surface area contributed by atoms with Gasteiger partial charge in [0, 0.05) is 18.6 Å². The van der Waals surface area contributed by atoms with E-state index >= 15 is 0 Å². The average Bonchev–Trinajstić information content (AvgIpc) is 2.31. The number of halogens is 3. The molecule has 0 unspecified atom stereocenters. The zero-order chi connectivity index (χ0) is 12.7. The van der Waals surface area contributed by atoms with E-state index in [0.29, 0.717) is 6.20 Å². The zero-order valence-corrected chi connectivity index (χ0v) is 8.72. The van der Waals surface area contributed by atoms with Gasteiger partial charge in [0.05, 0.1) is 5.56 Å². The highest BCUT2D eigenvalue weighted by Crippen LogP contribution is 2.28. The van der Waals surface area contributed by atoms with Crippen LogP contribution in [-0.4, -0.2) is 9.97 Å². The van der Waals surface area contributed by atoms with Gasteiger partial charge in [0.2, 0.25) is 0 Å². The van der Waals surface area contributed by atoms with Crippen molar-refractivity contribution in [1.82, 2.24) is 9.97 Å². The van der Waals surface area contributed by atoms with Crippen molar-refractivity contribution in [3.05, 3.63) is 54.5 Å². The molecule has 2 aromatic heterocycles. The number of nitrogens with zero attached hydrogens (tertiary/aromatic N) is 2. The minimum atomic E-state index is -4.33. The molecule has 0 fully saturated rings. The summed E-state index contributed by atoms with van der Waals surface area (Å²) in [6, 6.07) is 7.72. The predicted molar refractivity (Wildman–Crippen MR) is 57.9 cm³/mol. The molecule has 0 saturated carbocycles. The maximum Gasteiger partial charge on any atom is 0.417 e. The lowest BCUT2D eigenvalue weighted by Crippen LogP contribution is -2.05. The van der Waals surface area contributed by atoms with E-state index in [1.54, 1.807) is 12.4 Å². The second-order valence-electron chi connectivity index (χ2n) is 2.99. The van der Waals surface area contributed by atoms with Crippen LogP contribution < -0.4 is 5.73 Å². The van der Waals surface area contributed by atoms with Gasteiger partial charge in [0.25, 0.3) is 0 Å². The molecule has 0 spiro atoms. The smallest absolute Gasteiger partial charge is 0.384 e. The summed E-state index contributed by atoms with van der Waals surface area (Å²) in [5, 5.41) is 0. The molecule has 2 aromatic rings. The Morgan fingerprint density at radius 1 is 1.00 bits per heavy atom. The van der Waals surface area contributed by atoms with Gasteiger partial charge >= 0.3 is 6.18 Å². The van der Waals surface area contributed by atoms with Crippen LogP contribution in [0.2, 0.25) is 0 Å². The Bertz CT molecular complexity index is 399. The molecule has 0 bridgehead atoms. The third-order valence-electron chi connectivity index (χ3n) is 1.68. The standard InChI is InChI=1S/C6H5F3N2.C5H5N/c7-6(8,9)4-1-2-5(10)11-3-4;1-2-4-6-5-3-1/h1-3H,(H2,10,11);1-5H. The Morgan fingerprint density at radius 3 is 1.94 bits per heavy atom. The normalized spacial score (nSPS) is 10.3. The first-order chi connectivity index (χ1) is 8.00. The summed E-state index contributed by atoms with van der Waals surface area (Å²) in [6.45, 7) is 0. The van der Waals surface area contributed by atoms with Crippen LogP contribution in [0.5, 0.6) is 0 Å². The van der Waals surface area contributed by atoms with E-state index in [0.717, 1.165) is 12.1 Å². The minimum absolute atomic E-state index is 0.0815. The third kappa shape index (κ3) is 4.96. The van der Waals surface area contributed by atoms with Crippen LogP contribution in [0.1, 0.15) is 5.56 Å². The molecule has 0 amide bonds. The van der Waals surface area contributed by atoms with E-state index in [1.165, 1.54) is 0 Å². The number of hydrogen-bond acceptors (Lipinski definition) is 3. The molecule has 3 nitrogen and oxygen atoms in total. The molecule has 2 heterocycles. The van der Waals surface area contributed by atoms with Gasteiger partial charge < -0.3 is 5.73 Å². The van der Waals surface area contributed by atoms with E-state index in [9.17, 15) is 13.2 Å². The van der Waals surface area contributed by atoms with Crippen molar-refractivity contribution in [2.75, 3.05) is 5.73 Å². The third-order valence-corrected chi connectivity index (χ3v) is 1.68. The van der Waals surface area contributed by atoms with Crippen molar-refractivity contribution in [2.45, 2.75) is 6.18 Å². The molecule has 17 heavy (non-hydrogen) atoms. The first-order valence-electron chi connectivity index (χ1n) is 4.64. The highest BCUT2D eigenvalue weighted by Gasteiger charge is 2.30. The van der Waals surface area contributed by atoms with Gasteiger partial charge in [-0.1, -0.05) is 6.07 Å². The van der Waals surface area contributed by atoms with Gasteiger partial charge in [-0.25, -0.2) is 4.98 Å². The summed E-state index contributed by atoms with van der Waals surface area (Å²) >= 11 is 0. The summed E-state index contributed by atoms with van der Waals surface area (Å²) in [7, 11) is 0. The Balaban J connectivity index is 0.000000202. The van der Waals surface area contributed by atoms with E-state index < -0.39 is 11.7 Å². The quantitative estimate of drug-likeness (QED) is 0.771. The van der Waals surface area contributed by atoms with Gasteiger partial charge in [-0.3, -0.25) is 4.98 Å². The van der Waals surface area contributed by atoms with Crippen LogP contribution in [0.25, 0.3) is 0 Å². The van der Waals surface area contributed by atoms with Crippen molar-refractivity contribution < 1.29 is 13.2 Å². The molecule has 0 saturated heterocycles. The highest BCUT2D eigenvalue weighted by atomic mass is 19.4. The SMILES string of the molecule is Nc1ccc(C(F)(F)F)cn1.c1ccncc1. The summed E-state index contributed by atoms with van der Waals surface area (Å²) in [4.78, 5) is 7.09. The molecule has 0 aliphatic carbocycles. The van der Waals surface area contributed by atoms with E-state index in [-0.39, 0.29) is 5.82 Å². The number of anilines is 1. The van der Waals surface area contributed by atoms with Crippen molar-refractivity contribution in [3.8, 4) is 0 Å². The zero-order valence-electron chi connectivity index (χ0n) is 8.72. The monoisotopic (exact) mass is 241 g/mol. The lowest BCUT2D eigenvalue weighted by atomic mass is 10.3. The van der Waals surface area contributed by atoms with Gasteiger partial charge in [-0.05, 0) is 24.3 Å². The maximum atomic E-state index is 11.8. The molecule has 0 aliphatic heterocycles. The van der Waals surface area contributed by atoms with Crippen LogP contribution in [0, 0.1) is 0 Å². The van der Waals surface area contributed by atoms with Crippen LogP contribution in [0.4, 0.5) is 19.0 Å². The molecule has 0 aliphatic rings. The summed E-state index contributed by atoms with van der Waals surface area (Å²) in [5.41, 5.74) is 4.31. The number of rotatable bonds is 0. The molecule has 0 aromatic carbocycles. The first kappa shape index (κ1) is 13.0. The van der Waals surface area contributed by atoms with Crippen LogP contribution in [0.3, 0.4) is 0 Å². The summed E-state index contributed by atoms with van der Waals surface area (Å²) < 4.78 is 35.5. The van der Waals surface area contributed by atoms with Crippen molar-refractivity contribution in [1.29, 1.82) is 0 Å². The second-order valence-corrected chi connectivity index (χ2v) is 2.99. The fourth-order valence-electron chi connectivity index (χ4n) is 0.886. The maximum absolute atomic E-state index is 11.8. The molecule has 0 radical (unpaired) electrons. The highest BCUT2D eigenvalue weighted by molar-refractivity contribution is 5.30. The minimum Gasteiger partial charge on any atom is -0.384 e. The summed E-state index contributed by atoms with van der Waals surface area (Å²) in [6.07, 6.45) is -0.129. The van der Waals surface area contributed by atoms with E-state index in [4.69, 9.17) is 5.73 Å². The molecular formula is C11H10F3N3.